The largest absolute Gasteiger partial charge is 0.460 e. The van der Waals surface area contributed by atoms with Crippen molar-refractivity contribution in [2.75, 3.05) is 6.61 Å². The summed E-state index contributed by atoms with van der Waals surface area (Å²) in [6.45, 7) is 11.5. The third kappa shape index (κ3) is 2.73. The quantitative estimate of drug-likeness (QED) is 0.584. The van der Waals surface area contributed by atoms with Crippen molar-refractivity contribution >= 4 is 11.8 Å². The fourth-order valence-corrected chi connectivity index (χ4v) is 6.01. The van der Waals surface area contributed by atoms with Gasteiger partial charge in [0, 0.05) is 22.7 Å². The van der Waals surface area contributed by atoms with Crippen LogP contribution < -0.4 is 0 Å². The molecular weight excluding hydrogens is 344 g/mol. The predicted molar refractivity (Wildman–Crippen MR) is 102 cm³/mol. The van der Waals surface area contributed by atoms with Crippen molar-refractivity contribution in [3.05, 3.63) is 24.3 Å². The van der Waals surface area contributed by atoms with E-state index in [-0.39, 0.29) is 17.6 Å². The SMILES string of the molecule is C=C[C@]1(C)C[C@@H](OC(=O)CO)[C@]2(C)C3=CC(=O)C[C@@]3(CC[C@@H]2C)[C@@H](C)[C@@H]1O. The van der Waals surface area contributed by atoms with E-state index in [2.05, 4.69) is 20.4 Å². The number of ether oxygens (including phenoxy) is 1. The van der Waals surface area contributed by atoms with Crippen LogP contribution in [0.2, 0.25) is 0 Å². The van der Waals surface area contributed by atoms with Crippen molar-refractivity contribution in [1.82, 2.24) is 0 Å². The van der Waals surface area contributed by atoms with Crippen LogP contribution in [0.4, 0.5) is 0 Å². The molecule has 5 nitrogen and oxygen atoms in total. The molecule has 0 aliphatic heterocycles. The van der Waals surface area contributed by atoms with Crippen LogP contribution in [-0.2, 0) is 14.3 Å². The van der Waals surface area contributed by atoms with Crippen molar-refractivity contribution in [1.29, 1.82) is 0 Å². The van der Waals surface area contributed by atoms with E-state index >= 15 is 0 Å². The lowest BCUT2D eigenvalue weighted by atomic mass is 9.46. The lowest BCUT2D eigenvalue weighted by Crippen LogP contribution is -2.58. The summed E-state index contributed by atoms with van der Waals surface area (Å²) in [5.41, 5.74) is -0.574. The van der Waals surface area contributed by atoms with E-state index in [1.165, 1.54) is 0 Å². The summed E-state index contributed by atoms with van der Waals surface area (Å²) < 4.78 is 5.76. The molecule has 0 aromatic carbocycles. The Kier molecular flexibility index (Phi) is 4.92. The third-order valence-corrected chi connectivity index (χ3v) is 8.14. The van der Waals surface area contributed by atoms with Crippen LogP contribution in [0.5, 0.6) is 0 Å². The van der Waals surface area contributed by atoms with Gasteiger partial charge in [-0.15, -0.1) is 6.58 Å². The Hall–Kier alpha value is -1.46. The molecule has 0 saturated heterocycles. The van der Waals surface area contributed by atoms with Gasteiger partial charge in [0.25, 0.3) is 0 Å². The molecule has 3 aliphatic carbocycles. The Morgan fingerprint density at radius 1 is 1.41 bits per heavy atom. The fourth-order valence-electron chi connectivity index (χ4n) is 6.01. The number of aliphatic hydroxyl groups excluding tert-OH is 2. The molecule has 0 amide bonds. The third-order valence-electron chi connectivity index (χ3n) is 8.14. The van der Waals surface area contributed by atoms with E-state index < -0.39 is 41.0 Å². The van der Waals surface area contributed by atoms with E-state index in [4.69, 9.17) is 4.74 Å². The van der Waals surface area contributed by atoms with Crippen LogP contribution in [-0.4, -0.2) is 40.8 Å². The fraction of sp³-hybridized carbons (Fsp3) is 0.727. The number of carbonyl (C=O) groups excluding carboxylic acids is 2. The molecule has 3 rings (SSSR count). The molecule has 0 aromatic heterocycles. The zero-order valence-corrected chi connectivity index (χ0v) is 16.8. The summed E-state index contributed by atoms with van der Waals surface area (Å²) >= 11 is 0. The molecule has 0 aromatic rings. The Labute approximate surface area is 161 Å². The number of rotatable bonds is 3. The Morgan fingerprint density at radius 3 is 2.67 bits per heavy atom. The van der Waals surface area contributed by atoms with Gasteiger partial charge in [0.15, 0.2) is 5.78 Å². The van der Waals surface area contributed by atoms with Gasteiger partial charge in [0.05, 0.1) is 6.10 Å². The second kappa shape index (κ2) is 6.56. The van der Waals surface area contributed by atoms with Crippen molar-refractivity contribution in [3.63, 3.8) is 0 Å². The molecule has 2 saturated carbocycles. The van der Waals surface area contributed by atoms with Crippen molar-refractivity contribution in [2.45, 2.75) is 65.6 Å². The number of hydrogen-bond acceptors (Lipinski definition) is 5. The zero-order chi connectivity index (χ0) is 20.2. The molecule has 2 fully saturated rings. The van der Waals surface area contributed by atoms with Crippen LogP contribution >= 0.6 is 0 Å². The highest BCUT2D eigenvalue weighted by Crippen LogP contribution is 2.66. The summed E-state index contributed by atoms with van der Waals surface area (Å²) in [6, 6.07) is 0. The standard InChI is InChI=1S/C22H32O5/c1-6-20(4)11-17(27-18(25)12-23)21(5)13(2)7-8-22(14(3)19(20)26)10-15(24)9-16(21)22/h6,9,13-14,17,19,23,26H,1,7-8,10-12H2,2-5H3/t13-,14-,17+,19-,20+,21-,22-/m0/s1. The van der Waals surface area contributed by atoms with Gasteiger partial charge in [-0.1, -0.05) is 33.8 Å². The second-order valence-corrected chi connectivity index (χ2v) is 9.36. The van der Waals surface area contributed by atoms with Crippen molar-refractivity contribution in [2.24, 2.45) is 28.1 Å². The monoisotopic (exact) mass is 376 g/mol. The zero-order valence-electron chi connectivity index (χ0n) is 16.8. The molecule has 2 bridgehead atoms. The predicted octanol–water partition coefficient (Wildman–Crippen LogP) is 2.81. The highest BCUT2D eigenvalue weighted by molar-refractivity contribution is 5.95. The Bertz CT molecular complexity index is 697. The van der Waals surface area contributed by atoms with Gasteiger partial charge in [-0.2, -0.15) is 0 Å². The van der Waals surface area contributed by atoms with E-state index in [1.807, 2.05) is 13.8 Å². The minimum atomic E-state index is -0.711. The minimum Gasteiger partial charge on any atom is -0.460 e. The summed E-state index contributed by atoms with van der Waals surface area (Å²) in [4.78, 5) is 24.6. The molecular formula is C22H32O5. The molecule has 3 aliphatic rings. The van der Waals surface area contributed by atoms with Gasteiger partial charge in [0.1, 0.15) is 12.7 Å². The average molecular weight is 376 g/mol. The number of carbonyl (C=O) groups is 2. The van der Waals surface area contributed by atoms with E-state index in [9.17, 15) is 19.8 Å². The second-order valence-electron chi connectivity index (χ2n) is 9.36. The van der Waals surface area contributed by atoms with Crippen LogP contribution in [0.15, 0.2) is 24.3 Å². The summed E-state index contributed by atoms with van der Waals surface area (Å²) in [5, 5.41) is 20.6. The van der Waals surface area contributed by atoms with Crippen LogP contribution in [0.25, 0.3) is 0 Å². The van der Waals surface area contributed by atoms with Gasteiger partial charge in [-0.05, 0) is 42.7 Å². The van der Waals surface area contributed by atoms with Crippen molar-refractivity contribution in [3.8, 4) is 0 Å². The number of allylic oxidation sites excluding steroid dienone is 1. The maximum Gasteiger partial charge on any atom is 0.332 e. The highest BCUT2D eigenvalue weighted by atomic mass is 16.6. The smallest absolute Gasteiger partial charge is 0.332 e. The van der Waals surface area contributed by atoms with E-state index in [0.717, 1.165) is 18.4 Å². The molecule has 7 atom stereocenters. The normalized spacial score (nSPS) is 46.7. The highest BCUT2D eigenvalue weighted by Gasteiger charge is 2.63. The molecule has 150 valence electrons. The van der Waals surface area contributed by atoms with Crippen molar-refractivity contribution < 1.29 is 24.5 Å². The molecule has 0 heterocycles. The summed E-state index contributed by atoms with van der Waals surface area (Å²) in [7, 11) is 0. The number of ketones is 1. The van der Waals surface area contributed by atoms with Gasteiger partial charge in [-0.25, -0.2) is 4.79 Å². The first-order chi connectivity index (χ1) is 12.5. The van der Waals surface area contributed by atoms with E-state index in [1.54, 1.807) is 12.2 Å². The molecule has 0 unspecified atom stereocenters. The van der Waals surface area contributed by atoms with Crippen LogP contribution in [0, 0.1) is 28.1 Å². The van der Waals surface area contributed by atoms with E-state index in [0.29, 0.717) is 12.8 Å². The topological polar surface area (TPSA) is 83.8 Å². The van der Waals surface area contributed by atoms with Gasteiger partial charge in [-0.3, -0.25) is 4.79 Å². The van der Waals surface area contributed by atoms with Crippen LogP contribution in [0.3, 0.4) is 0 Å². The summed E-state index contributed by atoms with van der Waals surface area (Å²) in [6.07, 6.45) is 4.78. The number of hydrogen-bond donors (Lipinski definition) is 2. The Morgan fingerprint density at radius 2 is 2.07 bits per heavy atom. The molecule has 2 N–H and O–H groups in total. The molecule has 0 radical (unpaired) electrons. The first-order valence-electron chi connectivity index (χ1n) is 9.92. The molecule has 0 spiro atoms. The molecule has 5 heteroatoms. The van der Waals surface area contributed by atoms with Gasteiger partial charge >= 0.3 is 5.97 Å². The van der Waals surface area contributed by atoms with Gasteiger partial charge < -0.3 is 14.9 Å². The Balaban J connectivity index is 2.23. The number of esters is 1. The lowest BCUT2D eigenvalue weighted by Gasteiger charge is -2.60. The maximum atomic E-state index is 12.6. The summed E-state index contributed by atoms with van der Waals surface area (Å²) in [5.74, 6) is -0.502. The first-order valence-corrected chi connectivity index (χ1v) is 9.92. The minimum absolute atomic E-state index is 0.0822. The average Bonchev–Trinajstić information content (AvgIpc) is 3.00. The van der Waals surface area contributed by atoms with Crippen LogP contribution in [0.1, 0.15) is 53.4 Å². The maximum absolute atomic E-state index is 12.6. The number of aliphatic hydroxyl groups is 2. The lowest BCUT2D eigenvalue weighted by molar-refractivity contribution is -0.173. The first kappa shape index (κ1) is 20.3. The molecule has 27 heavy (non-hydrogen) atoms. The van der Waals surface area contributed by atoms with Gasteiger partial charge in [0.2, 0.25) is 0 Å².